The van der Waals surface area contributed by atoms with Crippen LogP contribution in [0.15, 0.2) is 0 Å². The smallest absolute Gasteiger partial charge is 0.295 e. The van der Waals surface area contributed by atoms with E-state index in [0.717, 1.165) is 6.26 Å². The lowest BCUT2D eigenvalue weighted by atomic mass is 10.1. The zero-order chi connectivity index (χ0) is 11.7. The van der Waals surface area contributed by atoms with Crippen molar-refractivity contribution >= 4 is 9.84 Å². The van der Waals surface area contributed by atoms with E-state index in [9.17, 15) is 21.6 Å². The maximum absolute atomic E-state index is 12.0. The zero-order valence-electron chi connectivity index (χ0n) is 8.42. The molecule has 0 radical (unpaired) electrons. The fourth-order valence-electron chi connectivity index (χ4n) is 1.75. The molecule has 0 aromatic rings. The van der Waals surface area contributed by atoms with Crippen molar-refractivity contribution in [3.05, 3.63) is 0 Å². The van der Waals surface area contributed by atoms with Crippen LogP contribution in [-0.2, 0) is 9.84 Å². The van der Waals surface area contributed by atoms with Gasteiger partial charge in [-0.05, 0) is 25.9 Å². The zero-order valence-corrected chi connectivity index (χ0v) is 9.24. The first kappa shape index (κ1) is 12.8. The van der Waals surface area contributed by atoms with Gasteiger partial charge in [0.15, 0.2) is 0 Å². The number of piperidine rings is 1. The predicted molar refractivity (Wildman–Crippen MR) is 50.4 cm³/mol. The average molecular weight is 245 g/mol. The van der Waals surface area contributed by atoms with Crippen molar-refractivity contribution in [2.45, 2.75) is 24.3 Å². The molecule has 0 unspecified atom stereocenters. The van der Waals surface area contributed by atoms with Gasteiger partial charge in [-0.25, -0.2) is 8.42 Å². The third kappa shape index (κ3) is 4.38. The Bertz CT molecular complexity index is 304. The summed E-state index contributed by atoms with van der Waals surface area (Å²) in [6, 6.07) is 0. The van der Waals surface area contributed by atoms with Crippen LogP contribution in [0.3, 0.4) is 0 Å². The quantitative estimate of drug-likeness (QED) is 0.730. The Kier molecular flexibility index (Phi) is 3.65. The highest BCUT2D eigenvalue weighted by atomic mass is 32.2. The van der Waals surface area contributed by atoms with Gasteiger partial charge in [0, 0.05) is 6.26 Å². The van der Waals surface area contributed by atoms with Crippen LogP contribution in [-0.4, -0.2) is 50.6 Å². The van der Waals surface area contributed by atoms with Crippen molar-refractivity contribution in [3.8, 4) is 0 Å². The number of halogens is 3. The Labute approximate surface area is 87.2 Å². The number of hydrogen-bond donors (Lipinski definition) is 0. The van der Waals surface area contributed by atoms with Gasteiger partial charge in [-0.3, -0.25) is 4.90 Å². The summed E-state index contributed by atoms with van der Waals surface area (Å²) in [5.74, 6) is 0. The number of likely N-dealkylation sites (tertiary alicyclic amines) is 1. The molecule has 7 heteroatoms. The highest BCUT2D eigenvalue weighted by Crippen LogP contribution is 2.22. The van der Waals surface area contributed by atoms with Crippen LogP contribution in [0.25, 0.3) is 0 Å². The highest BCUT2D eigenvalue weighted by molar-refractivity contribution is 7.91. The van der Waals surface area contributed by atoms with E-state index in [4.69, 9.17) is 0 Å². The normalized spacial score (nSPS) is 21.9. The molecule has 1 aliphatic heterocycles. The predicted octanol–water partition coefficient (Wildman–Crippen LogP) is 1.06. The molecule has 0 bridgehead atoms. The van der Waals surface area contributed by atoms with Crippen LogP contribution in [0.4, 0.5) is 13.2 Å². The molecular weight excluding hydrogens is 231 g/mol. The number of rotatable bonds is 2. The highest BCUT2D eigenvalue weighted by Gasteiger charge is 2.34. The summed E-state index contributed by atoms with van der Waals surface area (Å²) in [5, 5.41) is -0.470. The second-order valence-corrected chi connectivity index (χ2v) is 6.25. The van der Waals surface area contributed by atoms with E-state index < -0.39 is 27.8 Å². The second-order valence-electron chi connectivity index (χ2n) is 3.92. The van der Waals surface area contributed by atoms with Gasteiger partial charge in [-0.15, -0.1) is 0 Å². The summed E-state index contributed by atoms with van der Waals surface area (Å²) < 4.78 is 58.3. The Morgan fingerprint density at radius 3 is 2.07 bits per heavy atom. The fourth-order valence-corrected chi connectivity index (χ4v) is 2.82. The second kappa shape index (κ2) is 4.29. The maximum Gasteiger partial charge on any atom is 0.401 e. The minimum absolute atomic E-state index is 0.206. The third-order valence-electron chi connectivity index (χ3n) is 2.54. The number of sulfone groups is 1. The Morgan fingerprint density at radius 2 is 1.73 bits per heavy atom. The van der Waals surface area contributed by atoms with E-state index >= 15 is 0 Å². The largest absolute Gasteiger partial charge is 0.401 e. The summed E-state index contributed by atoms with van der Waals surface area (Å²) in [4.78, 5) is 1.25. The van der Waals surface area contributed by atoms with Gasteiger partial charge in [0.25, 0.3) is 0 Å². The van der Waals surface area contributed by atoms with Gasteiger partial charge in [0.2, 0.25) is 0 Å². The molecule has 0 amide bonds. The Balaban J connectivity index is 2.43. The minimum atomic E-state index is -4.20. The first-order valence-electron chi connectivity index (χ1n) is 4.66. The molecular formula is C8H14F3NO2S. The molecule has 0 aromatic heterocycles. The van der Waals surface area contributed by atoms with Gasteiger partial charge in [0.1, 0.15) is 9.84 Å². The monoisotopic (exact) mass is 245 g/mol. The first-order chi connectivity index (χ1) is 6.68. The molecule has 0 atom stereocenters. The van der Waals surface area contributed by atoms with E-state index in [2.05, 4.69) is 0 Å². The van der Waals surface area contributed by atoms with Crippen molar-refractivity contribution in [2.24, 2.45) is 0 Å². The standard InChI is InChI=1S/C8H14F3NO2S/c1-15(13,14)7-2-4-12(5-3-7)6-8(9,10)11/h7H,2-6H2,1H3. The maximum atomic E-state index is 12.0. The molecule has 15 heavy (non-hydrogen) atoms. The molecule has 0 spiro atoms. The van der Waals surface area contributed by atoms with Gasteiger partial charge in [-0.2, -0.15) is 13.2 Å². The SMILES string of the molecule is CS(=O)(=O)C1CCN(CC(F)(F)F)CC1. The lowest BCUT2D eigenvalue weighted by Crippen LogP contribution is -2.43. The van der Waals surface area contributed by atoms with E-state index in [1.807, 2.05) is 0 Å². The molecule has 3 nitrogen and oxygen atoms in total. The summed E-state index contributed by atoms with van der Waals surface area (Å²) in [6.07, 6.45) is -2.46. The van der Waals surface area contributed by atoms with Crippen molar-refractivity contribution in [2.75, 3.05) is 25.9 Å². The lowest BCUT2D eigenvalue weighted by molar-refractivity contribution is -0.147. The van der Waals surface area contributed by atoms with E-state index in [1.54, 1.807) is 0 Å². The van der Waals surface area contributed by atoms with Gasteiger partial charge in [0.05, 0.1) is 11.8 Å². The van der Waals surface area contributed by atoms with Crippen molar-refractivity contribution in [1.82, 2.24) is 4.90 Å². The van der Waals surface area contributed by atoms with Crippen LogP contribution in [0.2, 0.25) is 0 Å². The molecule has 0 saturated carbocycles. The number of nitrogens with zero attached hydrogens (tertiary/aromatic N) is 1. The van der Waals surface area contributed by atoms with Gasteiger partial charge >= 0.3 is 6.18 Å². The van der Waals surface area contributed by atoms with Crippen LogP contribution < -0.4 is 0 Å². The van der Waals surface area contributed by atoms with Crippen LogP contribution in [0.1, 0.15) is 12.8 Å². The molecule has 1 aliphatic rings. The molecule has 90 valence electrons. The molecule has 0 aromatic carbocycles. The fraction of sp³-hybridized carbons (Fsp3) is 1.00. The molecule has 0 N–H and O–H groups in total. The van der Waals surface area contributed by atoms with Crippen molar-refractivity contribution < 1.29 is 21.6 Å². The first-order valence-corrected chi connectivity index (χ1v) is 6.62. The Hall–Kier alpha value is -0.300. The molecule has 0 aliphatic carbocycles. The van der Waals surface area contributed by atoms with Gasteiger partial charge in [-0.1, -0.05) is 0 Å². The summed E-state index contributed by atoms with van der Waals surface area (Å²) in [6.45, 7) is -0.530. The van der Waals surface area contributed by atoms with Gasteiger partial charge < -0.3 is 0 Å². The molecule has 1 saturated heterocycles. The van der Waals surface area contributed by atoms with E-state index in [0.29, 0.717) is 12.8 Å². The van der Waals surface area contributed by atoms with E-state index in [1.165, 1.54) is 4.90 Å². The number of hydrogen-bond acceptors (Lipinski definition) is 3. The van der Waals surface area contributed by atoms with Crippen LogP contribution >= 0.6 is 0 Å². The number of alkyl halides is 3. The summed E-state index contributed by atoms with van der Waals surface area (Å²) >= 11 is 0. The summed E-state index contributed by atoms with van der Waals surface area (Å²) in [7, 11) is -3.10. The Morgan fingerprint density at radius 1 is 1.27 bits per heavy atom. The topological polar surface area (TPSA) is 37.4 Å². The van der Waals surface area contributed by atoms with Crippen molar-refractivity contribution in [1.29, 1.82) is 0 Å². The van der Waals surface area contributed by atoms with Crippen LogP contribution in [0.5, 0.6) is 0 Å². The molecule has 1 rings (SSSR count). The molecule has 1 heterocycles. The lowest BCUT2D eigenvalue weighted by Gasteiger charge is -2.31. The molecule has 1 fully saturated rings. The van der Waals surface area contributed by atoms with Crippen molar-refractivity contribution in [3.63, 3.8) is 0 Å². The average Bonchev–Trinajstić information content (AvgIpc) is 2.00. The minimum Gasteiger partial charge on any atom is -0.295 e. The third-order valence-corrected chi connectivity index (χ3v) is 4.23. The van der Waals surface area contributed by atoms with E-state index in [-0.39, 0.29) is 13.1 Å². The van der Waals surface area contributed by atoms with Crippen LogP contribution in [0, 0.1) is 0 Å². The summed E-state index contributed by atoms with van der Waals surface area (Å²) in [5.41, 5.74) is 0.